The molecule has 2 aromatic rings. The Morgan fingerprint density at radius 1 is 0.806 bits per heavy atom. The molecule has 1 aliphatic carbocycles. The van der Waals surface area contributed by atoms with Crippen LogP contribution in [-0.4, -0.2) is 67.0 Å². The molecule has 0 radical (unpaired) electrons. The molecule has 0 N–H and O–H groups in total. The maximum absolute atomic E-state index is 13.0. The van der Waals surface area contributed by atoms with Gasteiger partial charge in [-0.15, -0.1) is 0 Å². The Kier molecular flexibility index (Phi) is 5.49. The van der Waals surface area contributed by atoms with Crippen molar-refractivity contribution in [3.8, 4) is 0 Å². The van der Waals surface area contributed by atoms with Gasteiger partial charge < -0.3 is 19.6 Å². The Labute approximate surface area is 183 Å². The van der Waals surface area contributed by atoms with Gasteiger partial charge in [0.25, 0.3) is 0 Å². The van der Waals surface area contributed by atoms with Crippen molar-refractivity contribution < 1.29 is 9.59 Å². The highest BCUT2D eigenvalue weighted by atomic mass is 16.2. The molecule has 31 heavy (non-hydrogen) atoms. The van der Waals surface area contributed by atoms with Crippen LogP contribution in [0, 0.1) is 0 Å². The number of hydrogen-bond donors (Lipinski definition) is 0. The number of carbonyl (C=O) groups is 2. The fourth-order valence-corrected chi connectivity index (χ4v) is 4.64. The minimum Gasteiger partial charge on any atom is -0.365 e. The van der Waals surface area contributed by atoms with Gasteiger partial charge in [0.05, 0.1) is 11.4 Å². The molecule has 1 aromatic carbocycles. The number of nitrogens with zero attached hydrogens (tertiary/aromatic N) is 5. The molecule has 1 saturated heterocycles. The summed E-state index contributed by atoms with van der Waals surface area (Å²) < 4.78 is 0. The maximum Gasteiger partial charge on any atom is 0.227 e. The standard InChI is InChI=1S/C24H29N5O2/c30-23(27-15-13-26(14-16-27)22-7-3-4-12-25-22)10-11-24(31)29-18-17-28(19-8-9-19)20-5-1-2-6-21(20)29/h1-7,12,19H,8-11,13-18H2. The lowest BCUT2D eigenvalue weighted by Crippen LogP contribution is -2.49. The second kappa shape index (κ2) is 8.57. The Bertz CT molecular complexity index is 938. The van der Waals surface area contributed by atoms with E-state index in [-0.39, 0.29) is 24.7 Å². The van der Waals surface area contributed by atoms with E-state index < -0.39 is 0 Å². The molecule has 2 aliphatic heterocycles. The molecular formula is C24H29N5O2. The number of benzene rings is 1. The molecule has 0 bridgehead atoms. The number of carbonyl (C=O) groups excluding carboxylic acids is 2. The Hall–Kier alpha value is -3.09. The summed E-state index contributed by atoms with van der Waals surface area (Å²) in [6, 6.07) is 14.7. The van der Waals surface area contributed by atoms with Crippen LogP contribution < -0.4 is 14.7 Å². The topological polar surface area (TPSA) is 60.0 Å². The Balaban J connectivity index is 1.15. The van der Waals surface area contributed by atoms with Crippen molar-refractivity contribution in [2.45, 2.75) is 31.7 Å². The molecule has 2 fully saturated rings. The summed E-state index contributed by atoms with van der Waals surface area (Å²) in [4.78, 5) is 38.5. The van der Waals surface area contributed by atoms with Gasteiger partial charge in [-0.1, -0.05) is 18.2 Å². The molecular weight excluding hydrogens is 390 g/mol. The van der Waals surface area contributed by atoms with Gasteiger partial charge in [-0.2, -0.15) is 0 Å². The number of amides is 2. The van der Waals surface area contributed by atoms with Crippen LogP contribution in [0.4, 0.5) is 17.2 Å². The first-order valence-electron chi connectivity index (χ1n) is 11.3. The van der Waals surface area contributed by atoms with Crippen molar-refractivity contribution in [1.29, 1.82) is 0 Å². The number of anilines is 3. The van der Waals surface area contributed by atoms with Gasteiger partial charge in [0.15, 0.2) is 0 Å². The molecule has 7 heteroatoms. The summed E-state index contributed by atoms with van der Waals surface area (Å²) in [5.74, 6) is 1.07. The fourth-order valence-electron chi connectivity index (χ4n) is 4.64. The molecule has 162 valence electrons. The largest absolute Gasteiger partial charge is 0.365 e. The van der Waals surface area contributed by atoms with Gasteiger partial charge in [-0.25, -0.2) is 4.98 Å². The molecule has 0 atom stereocenters. The lowest BCUT2D eigenvalue weighted by molar-refractivity contribution is -0.133. The Morgan fingerprint density at radius 2 is 1.52 bits per heavy atom. The highest BCUT2D eigenvalue weighted by Crippen LogP contribution is 2.40. The van der Waals surface area contributed by atoms with Gasteiger partial charge in [-0.3, -0.25) is 9.59 Å². The second-order valence-electron chi connectivity index (χ2n) is 8.51. The fraction of sp³-hybridized carbons (Fsp3) is 0.458. The zero-order valence-corrected chi connectivity index (χ0v) is 17.8. The van der Waals surface area contributed by atoms with E-state index in [1.807, 2.05) is 46.2 Å². The number of piperazine rings is 1. The summed E-state index contributed by atoms with van der Waals surface area (Å²) in [5, 5.41) is 0. The Morgan fingerprint density at radius 3 is 2.23 bits per heavy atom. The molecule has 5 rings (SSSR count). The first kappa shape index (κ1) is 19.8. The summed E-state index contributed by atoms with van der Waals surface area (Å²) in [6.45, 7) is 4.46. The van der Waals surface area contributed by atoms with E-state index in [4.69, 9.17) is 0 Å². The third-order valence-corrected chi connectivity index (χ3v) is 6.49. The molecule has 2 amide bonds. The molecule has 1 aromatic heterocycles. The van der Waals surface area contributed by atoms with Crippen molar-refractivity contribution >= 4 is 29.0 Å². The summed E-state index contributed by atoms with van der Waals surface area (Å²) in [5.41, 5.74) is 2.14. The van der Waals surface area contributed by atoms with Crippen LogP contribution in [0.5, 0.6) is 0 Å². The van der Waals surface area contributed by atoms with Crippen LogP contribution in [0.2, 0.25) is 0 Å². The van der Waals surface area contributed by atoms with Crippen molar-refractivity contribution in [2.24, 2.45) is 0 Å². The van der Waals surface area contributed by atoms with Gasteiger partial charge in [0.2, 0.25) is 11.8 Å². The number of hydrogen-bond acceptors (Lipinski definition) is 5. The van der Waals surface area contributed by atoms with Crippen LogP contribution in [0.15, 0.2) is 48.7 Å². The van der Waals surface area contributed by atoms with Crippen molar-refractivity contribution in [3.63, 3.8) is 0 Å². The first-order chi connectivity index (χ1) is 15.2. The average Bonchev–Trinajstić information content (AvgIpc) is 3.68. The van der Waals surface area contributed by atoms with E-state index in [1.54, 1.807) is 6.20 Å². The second-order valence-corrected chi connectivity index (χ2v) is 8.51. The first-order valence-corrected chi connectivity index (χ1v) is 11.3. The number of para-hydroxylation sites is 2. The predicted molar refractivity (Wildman–Crippen MR) is 121 cm³/mol. The van der Waals surface area contributed by atoms with Crippen molar-refractivity contribution in [3.05, 3.63) is 48.7 Å². The number of aromatic nitrogens is 1. The van der Waals surface area contributed by atoms with Crippen LogP contribution in [-0.2, 0) is 9.59 Å². The third kappa shape index (κ3) is 4.22. The number of fused-ring (bicyclic) bond motifs is 1. The number of rotatable bonds is 5. The quantitative estimate of drug-likeness (QED) is 0.745. The lowest BCUT2D eigenvalue weighted by Gasteiger charge is -2.38. The van der Waals surface area contributed by atoms with Crippen LogP contribution in [0.25, 0.3) is 0 Å². The van der Waals surface area contributed by atoms with Gasteiger partial charge in [0.1, 0.15) is 5.82 Å². The van der Waals surface area contributed by atoms with E-state index in [0.717, 1.165) is 36.8 Å². The minimum absolute atomic E-state index is 0.0448. The van der Waals surface area contributed by atoms with Crippen molar-refractivity contribution in [2.75, 3.05) is 54.0 Å². The lowest BCUT2D eigenvalue weighted by atomic mass is 10.1. The van der Waals surface area contributed by atoms with Crippen LogP contribution >= 0.6 is 0 Å². The van der Waals surface area contributed by atoms with Gasteiger partial charge in [0, 0.05) is 64.3 Å². The van der Waals surface area contributed by atoms with Gasteiger partial charge >= 0.3 is 0 Å². The maximum atomic E-state index is 13.0. The monoisotopic (exact) mass is 419 g/mol. The summed E-state index contributed by atoms with van der Waals surface area (Å²) in [6.07, 6.45) is 4.81. The van der Waals surface area contributed by atoms with Crippen molar-refractivity contribution in [1.82, 2.24) is 9.88 Å². The van der Waals surface area contributed by atoms with E-state index >= 15 is 0 Å². The summed E-state index contributed by atoms with van der Waals surface area (Å²) in [7, 11) is 0. The molecule has 1 saturated carbocycles. The predicted octanol–water partition coefficient (Wildman–Crippen LogP) is 2.53. The van der Waals surface area contributed by atoms with E-state index in [0.29, 0.717) is 25.7 Å². The van der Waals surface area contributed by atoms with Crippen LogP contribution in [0.3, 0.4) is 0 Å². The molecule has 3 aliphatic rings. The smallest absolute Gasteiger partial charge is 0.227 e. The van der Waals surface area contributed by atoms with Crippen LogP contribution in [0.1, 0.15) is 25.7 Å². The number of pyridine rings is 1. The van der Waals surface area contributed by atoms with E-state index in [2.05, 4.69) is 20.9 Å². The van der Waals surface area contributed by atoms with E-state index in [1.165, 1.54) is 12.8 Å². The summed E-state index contributed by atoms with van der Waals surface area (Å²) >= 11 is 0. The highest BCUT2D eigenvalue weighted by molar-refractivity contribution is 5.99. The SMILES string of the molecule is O=C(CCC(=O)N1CCN(C2CC2)c2ccccc21)N1CCN(c2ccccn2)CC1. The minimum atomic E-state index is 0.0448. The average molecular weight is 420 g/mol. The molecule has 3 heterocycles. The normalized spacial score (nSPS) is 18.7. The zero-order chi connectivity index (χ0) is 21.2. The van der Waals surface area contributed by atoms with Gasteiger partial charge in [-0.05, 0) is 37.1 Å². The highest BCUT2D eigenvalue weighted by Gasteiger charge is 2.35. The molecule has 0 spiro atoms. The zero-order valence-electron chi connectivity index (χ0n) is 17.8. The molecule has 7 nitrogen and oxygen atoms in total. The molecule has 0 unspecified atom stereocenters. The van der Waals surface area contributed by atoms with E-state index in [9.17, 15) is 9.59 Å². The third-order valence-electron chi connectivity index (χ3n) is 6.49.